The van der Waals surface area contributed by atoms with Crippen molar-refractivity contribution in [2.45, 2.75) is 6.92 Å². The van der Waals surface area contributed by atoms with Gasteiger partial charge >= 0.3 is 0 Å². The van der Waals surface area contributed by atoms with Crippen molar-refractivity contribution in [3.05, 3.63) is 47.7 Å². The first-order valence-electron chi connectivity index (χ1n) is 5.46. The maximum Gasteiger partial charge on any atom is 0.249 e. The normalized spacial score (nSPS) is 10.1. The molecule has 2 rings (SSSR count). The number of rotatable bonds is 3. The van der Waals surface area contributed by atoms with E-state index in [1.165, 1.54) is 14.0 Å². The lowest BCUT2D eigenvalue weighted by molar-refractivity contribution is 0.101. The number of hydrogen-bond acceptors (Lipinski definition) is 4. The number of carbonyl (C=O) groups excluding carboxylic acids is 1. The van der Waals surface area contributed by atoms with Crippen LogP contribution in [0.1, 0.15) is 23.0 Å². The van der Waals surface area contributed by atoms with Gasteiger partial charge in [-0.15, -0.1) is 0 Å². The fourth-order valence-corrected chi connectivity index (χ4v) is 1.58. The average molecular weight is 243 g/mol. The Morgan fingerprint density at radius 2 is 1.83 bits per heavy atom. The monoisotopic (exact) mass is 243 g/mol. The molecule has 0 bridgehead atoms. The first-order chi connectivity index (χ1) is 8.61. The number of methoxy groups -OCH3 is 1. The second kappa shape index (κ2) is 4.87. The number of carbonyl (C=O) groups is 1. The lowest BCUT2D eigenvalue weighted by Gasteiger charge is -2.00. The number of ether oxygens (including phenoxy) is 1. The van der Waals surface area contributed by atoms with Crippen LogP contribution in [0.5, 0.6) is 0 Å². The van der Waals surface area contributed by atoms with Crippen LogP contribution in [0.25, 0.3) is 11.3 Å². The third-order valence-corrected chi connectivity index (χ3v) is 2.61. The maximum absolute atomic E-state index is 11.2. The molecule has 0 aliphatic heterocycles. The van der Waals surface area contributed by atoms with E-state index in [2.05, 4.69) is 0 Å². The van der Waals surface area contributed by atoms with Crippen molar-refractivity contribution < 1.29 is 13.9 Å². The van der Waals surface area contributed by atoms with Gasteiger partial charge in [-0.25, -0.2) is 0 Å². The molecular weight excluding hydrogens is 230 g/mol. The van der Waals surface area contributed by atoms with E-state index in [4.69, 9.17) is 14.6 Å². The van der Waals surface area contributed by atoms with Gasteiger partial charge in [0.05, 0.1) is 7.11 Å². The first kappa shape index (κ1) is 12.1. The highest BCUT2D eigenvalue weighted by molar-refractivity contribution is 5.94. The molecule has 1 N–H and O–H groups in total. The molecule has 0 saturated carbocycles. The van der Waals surface area contributed by atoms with Gasteiger partial charge in [-0.05, 0) is 19.1 Å². The van der Waals surface area contributed by atoms with Gasteiger partial charge in [-0.3, -0.25) is 10.2 Å². The van der Waals surface area contributed by atoms with Gasteiger partial charge in [-0.2, -0.15) is 0 Å². The third kappa shape index (κ3) is 2.32. The number of ketones is 1. The van der Waals surface area contributed by atoms with Gasteiger partial charge in [0.25, 0.3) is 0 Å². The van der Waals surface area contributed by atoms with E-state index in [1.54, 1.807) is 24.3 Å². The molecule has 4 heteroatoms. The van der Waals surface area contributed by atoms with Gasteiger partial charge < -0.3 is 9.15 Å². The zero-order valence-electron chi connectivity index (χ0n) is 10.2. The van der Waals surface area contributed by atoms with Gasteiger partial charge in [0.2, 0.25) is 5.90 Å². The van der Waals surface area contributed by atoms with Crippen LogP contribution in [0.3, 0.4) is 0 Å². The Hall–Kier alpha value is -2.36. The largest absolute Gasteiger partial charge is 0.479 e. The molecule has 0 unspecified atom stereocenters. The lowest BCUT2D eigenvalue weighted by Crippen LogP contribution is -1.98. The Bertz CT molecular complexity index is 581. The van der Waals surface area contributed by atoms with Gasteiger partial charge in [0.15, 0.2) is 11.5 Å². The Morgan fingerprint density at radius 3 is 2.39 bits per heavy atom. The second-order valence-corrected chi connectivity index (χ2v) is 3.83. The van der Waals surface area contributed by atoms with Crippen LogP contribution in [0, 0.1) is 5.41 Å². The van der Waals surface area contributed by atoms with Crippen molar-refractivity contribution in [1.82, 2.24) is 0 Å². The summed E-state index contributed by atoms with van der Waals surface area (Å²) in [6.45, 7) is 1.53. The van der Waals surface area contributed by atoms with E-state index < -0.39 is 0 Å². The highest BCUT2D eigenvalue weighted by atomic mass is 16.5. The molecule has 0 fully saturated rings. The molecule has 0 aliphatic rings. The average Bonchev–Trinajstić information content (AvgIpc) is 2.87. The molecule has 0 aliphatic carbocycles. The molecule has 0 atom stereocenters. The van der Waals surface area contributed by atoms with E-state index in [9.17, 15) is 4.79 Å². The molecule has 4 nitrogen and oxygen atoms in total. The van der Waals surface area contributed by atoms with Crippen LogP contribution in [0.4, 0.5) is 0 Å². The summed E-state index contributed by atoms with van der Waals surface area (Å²) in [6.07, 6.45) is 0. The van der Waals surface area contributed by atoms with Gasteiger partial charge in [-0.1, -0.05) is 24.3 Å². The number of hydrogen-bond donors (Lipinski definition) is 1. The quantitative estimate of drug-likeness (QED) is 0.511. The zero-order valence-corrected chi connectivity index (χ0v) is 10.2. The van der Waals surface area contributed by atoms with Crippen molar-refractivity contribution in [2.24, 2.45) is 0 Å². The van der Waals surface area contributed by atoms with Crippen LogP contribution < -0.4 is 0 Å². The molecule has 1 aromatic heterocycles. The van der Waals surface area contributed by atoms with Gasteiger partial charge in [0, 0.05) is 11.1 Å². The summed E-state index contributed by atoms with van der Waals surface area (Å²) in [5.41, 5.74) is 1.52. The van der Waals surface area contributed by atoms with E-state index in [1.807, 2.05) is 12.1 Å². The molecule has 0 amide bonds. The third-order valence-electron chi connectivity index (χ3n) is 2.61. The van der Waals surface area contributed by atoms with E-state index in [0.29, 0.717) is 17.1 Å². The summed E-state index contributed by atoms with van der Waals surface area (Å²) in [5.74, 6) is 1.04. The molecule has 0 radical (unpaired) electrons. The standard InChI is InChI=1S/C14H13NO3/c1-9(16)10-3-5-11(6-4-10)12-7-8-13(18-12)14(15)17-2/h3-8,15H,1-2H3. The lowest BCUT2D eigenvalue weighted by atomic mass is 10.1. The Labute approximate surface area is 105 Å². The van der Waals surface area contributed by atoms with E-state index in [-0.39, 0.29) is 11.7 Å². The highest BCUT2D eigenvalue weighted by Crippen LogP contribution is 2.23. The molecular formula is C14H13NO3. The summed E-state index contributed by atoms with van der Waals surface area (Å²) < 4.78 is 10.3. The molecule has 18 heavy (non-hydrogen) atoms. The zero-order chi connectivity index (χ0) is 13.1. The minimum absolute atomic E-state index is 0.0124. The summed E-state index contributed by atoms with van der Waals surface area (Å²) >= 11 is 0. The number of Topliss-reactive ketones (excluding diaryl/α,β-unsaturated/α-hetero) is 1. The predicted octanol–water partition coefficient (Wildman–Crippen LogP) is 3.12. The smallest absolute Gasteiger partial charge is 0.249 e. The summed E-state index contributed by atoms with van der Waals surface area (Å²) in [4.78, 5) is 11.2. The molecule has 1 heterocycles. The minimum Gasteiger partial charge on any atom is -0.479 e. The van der Waals surface area contributed by atoms with Crippen molar-refractivity contribution in [3.63, 3.8) is 0 Å². The van der Waals surface area contributed by atoms with Crippen LogP contribution in [0.2, 0.25) is 0 Å². The fraction of sp³-hybridized carbons (Fsp3) is 0.143. The Kier molecular flexibility index (Phi) is 3.28. The molecule has 2 aromatic rings. The van der Waals surface area contributed by atoms with Crippen molar-refractivity contribution in [2.75, 3.05) is 7.11 Å². The van der Waals surface area contributed by atoms with Crippen molar-refractivity contribution in [3.8, 4) is 11.3 Å². The second-order valence-electron chi connectivity index (χ2n) is 3.83. The van der Waals surface area contributed by atoms with Crippen molar-refractivity contribution >= 4 is 11.7 Å². The van der Waals surface area contributed by atoms with Crippen LogP contribution in [0.15, 0.2) is 40.8 Å². The fourth-order valence-electron chi connectivity index (χ4n) is 1.58. The molecule has 92 valence electrons. The summed E-state index contributed by atoms with van der Waals surface area (Å²) in [5, 5.41) is 7.48. The van der Waals surface area contributed by atoms with Crippen LogP contribution in [-0.2, 0) is 4.74 Å². The Morgan fingerprint density at radius 1 is 1.17 bits per heavy atom. The molecule has 1 aromatic carbocycles. The van der Waals surface area contributed by atoms with E-state index in [0.717, 1.165) is 5.56 Å². The predicted molar refractivity (Wildman–Crippen MR) is 68.0 cm³/mol. The minimum atomic E-state index is -0.0124. The summed E-state index contributed by atoms with van der Waals surface area (Å²) in [7, 11) is 1.42. The first-order valence-corrected chi connectivity index (χ1v) is 5.46. The number of benzene rings is 1. The van der Waals surface area contributed by atoms with Gasteiger partial charge in [0.1, 0.15) is 5.76 Å². The SMILES string of the molecule is COC(=N)c1ccc(-c2ccc(C(C)=O)cc2)o1. The summed E-state index contributed by atoms with van der Waals surface area (Å²) in [6, 6.07) is 10.6. The number of nitrogens with one attached hydrogen (secondary N) is 1. The topological polar surface area (TPSA) is 63.3 Å². The van der Waals surface area contributed by atoms with Crippen LogP contribution >= 0.6 is 0 Å². The van der Waals surface area contributed by atoms with Crippen molar-refractivity contribution in [1.29, 1.82) is 5.41 Å². The Balaban J connectivity index is 2.29. The molecule has 0 saturated heterocycles. The maximum atomic E-state index is 11.2. The van der Waals surface area contributed by atoms with Crippen LogP contribution in [-0.4, -0.2) is 18.8 Å². The highest BCUT2D eigenvalue weighted by Gasteiger charge is 2.09. The van der Waals surface area contributed by atoms with E-state index >= 15 is 0 Å². The number of furan rings is 1. The molecule has 0 spiro atoms.